The number of esters is 1. The second-order valence-electron chi connectivity index (χ2n) is 4.87. The van der Waals surface area contributed by atoms with Crippen LogP contribution in [0.3, 0.4) is 0 Å². The van der Waals surface area contributed by atoms with Gasteiger partial charge in [0.2, 0.25) is 0 Å². The summed E-state index contributed by atoms with van der Waals surface area (Å²) in [6, 6.07) is -0.139. The van der Waals surface area contributed by atoms with Gasteiger partial charge in [-0.15, -0.1) is 6.42 Å². The molecule has 0 saturated carbocycles. The highest BCUT2D eigenvalue weighted by Gasteiger charge is 2.33. The molecule has 0 radical (unpaired) electrons. The van der Waals surface area contributed by atoms with Crippen molar-refractivity contribution in [3.63, 3.8) is 0 Å². The van der Waals surface area contributed by atoms with E-state index in [1.54, 1.807) is 0 Å². The summed E-state index contributed by atoms with van der Waals surface area (Å²) in [7, 11) is 0. The number of rotatable bonds is 2. The topological polar surface area (TPSA) is 29.5 Å². The molecule has 0 bridgehead atoms. The van der Waals surface area contributed by atoms with Gasteiger partial charge < -0.3 is 4.74 Å². The molecule has 3 heteroatoms. The van der Waals surface area contributed by atoms with Crippen LogP contribution in [0.4, 0.5) is 0 Å². The van der Waals surface area contributed by atoms with E-state index in [-0.39, 0.29) is 12.0 Å². The summed E-state index contributed by atoms with van der Waals surface area (Å²) in [5, 5.41) is 0. The predicted molar refractivity (Wildman–Crippen MR) is 59.3 cm³/mol. The number of hydrogen-bond donors (Lipinski definition) is 0. The van der Waals surface area contributed by atoms with E-state index in [4.69, 9.17) is 11.2 Å². The van der Waals surface area contributed by atoms with Crippen molar-refractivity contribution in [2.45, 2.75) is 45.3 Å². The van der Waals surface area contributed by atoms with E-state index in [0.29, 0.717) is 6.54 Å². The molecule has 0 aromatic heterocycles. The maximum Gasteiger partial charge on any atom is 0.323 e. The molecule has 84 valence electrons. The highest BCUT2D eigenvalue weighted by atomic mass is 16.6. The van der Waals surface area contributed by atoms with E-state index in [1.807, 2.05) is 25.7 Å². The summed E-state index contributed by atoms with van der Waals surface area (Å²) in [5.41, 5.74) is -0.415. The monoisotopic (exact) mass is 209 g/mol. The molecule has 0 aliphatic carbocycles. The standard InChI is InChI=1S/C12H19NO2/c1-5-8-13-9-6-7-10(13)11(14)15-12(2,3)4/h1,10H,6-9H2,2-4H3. The van der Waals surface area contributed by atoms with Gasteiger partial charge in [0.1, 0.15) is 11.6 Å². The third-order valence-corrected chi connectivity index (χ3v) is 2.34. The molecular weight excluding hydrogens is 190 g/mol. The van der Waals surface area contributed by atoms with Crippen LogP contribution in [0, 0.1) is 12.3 Å². The van der Waals surface area contributed by atoms with Gasteiger partial charge in [-0.1, -0.05) is 5.92 Å². The minimum atomic E-state index is -0.415. The number of likely N-dealkylation sites (tertiary alicyclic amines) is 1. The van der Waals surface area contributed by atoms with Crippen molar-refractivity contribution in [3.8, 4) is 12.3 Å². The number of nitrogens with zero attached hydrogens (tertiary/aromatic N) is 1. The van der Waals surface area contributed by atoms with Crippen LogP contribution in [0.2, 0.25) is 0 Å². The van der Waals surface area contributed by atoms with Crippen molar-refractivity contribution >= 4 is 5.97 Å². The smallest absolute Gasteiger partial charge is 0.323 e. The molecular formula is C12H19NO2. The Kier molecular flexibility index (Phi) is 3.76. The van der Waals surface area contributed by atoms with Crippen LogP contribution in [0.5, 0.6) is 0 Å². The first kappa shape index (κ1) is 12.1. The van der Waals surface area contributed by atoms with Crippen LogP contribution >= 0.6 is 0 Å². The van der Waals surface area contributed by atoms with Crippen LogP contribution in [0.15, 0.2) is 0 Å². The number of hydrogen-bond acceptors (Lipinski definition) is 3. The molecule has 0 N–H and O–H groups in total. The van der Waals surface area contributed by atoms with Gasteiger partial charge in [-0.05, 0) is 33.6 Å². The molecule has 1 heterocycles. The summed E-state index contributed by atoms with van der Waals surface area (Å²) in [4.78, 5) is 13.8. The second-order valence-corrected chi connectivity index (χ2v) is 4.87. The van der Waals surface area contributed by atoms with Crippen molar-refractivity contribution in [2.24, 2.45) is 0 Å². The fourth-order valence-electron chi connectivity index (χ4n) is 1.77. The van der Waals surface area contributed by atoms with Gasteiger partial charge in [-0.25, -0.2) is 0 Å². The Balaban J connectivity index is 2.56. The lowest BCUT2D eigenvalue weighted by molar-refractivity contribution is -0.160. The lowest BCUT2D eigenvalue weighted by Gasteiger charge is -2.26. The van der Waals surface area contributed by atoms with Crippen LogP contribution in [0.1, 0.15) is 33.6 Å². The highest BCUT2D eigenvalue weighted by molar-refractivity contribution is 5.76. The zero-order valence-electron chi connectivity index (χ0n) is 9.75. The average Bonchev–Trinajstić information content (AvgIpc) is 2.49. The molecule has 0 spiro atoms. The first-order chi connectivity index (χ1) is 6.94. The zero-order chi connectivity index (χ0) is 11.5. The van der Waals surface area contributed by atoms with E-state index in [0.717, 1.165) is 19.4 Å². The summed E-state index contributed by atoms with van der Waals surface area (Å²) in [6.45, 7) is 7.07. The Morgan fingerprint density at radius 3 is 2.80 bits per heavy atom. The lowest BCUT2D eigenvalue weighted by atomic mass is 10.1. The first-order valence-corrected chi connectivity index (χ1v) is 5.34. The third kappa shape index (κ3) is 3.56. The van der Waals surface area contributed by atoms with Crippen molar-refractivity contribution in [3.05, 3.63) is 0 Å². The molecule has 3 nitrogen and oxygen atoms in total. The van der Waals surface area contributed by atoms with Crippen molar-refractivity contribution in [1.29, 1.82) is 0 Å². The zero-order valence-corrected chi connectivity index (χ0v) is 9.75. The highest BCUT2D eigenvalue weighted by Crippen LogP contribution is 2.20. The fourth-order valence-corrected chi connectivity index (χ4v) is 1.77. The number of carbonyl (C=O) groups excluding carboxylic acids is 1. The van der Waals surface area contributed by atoms with E-state index in [2.05, 4.69) is 5.92 Å². The van der Waals surface area contributed by atoms with Gasteiger partial charge in [-0.3, -0.25) is 9.69 Å². The summed E-state index contributed by atoms with van der Waals surface area (Å²) in [5.74, 6) is 2.43. The molecule has 0 aromatic carbocycles. The Bertz CT molecular complexity index is 272. The quantitative estimate of drug-likeness (QED) is 0.509. The van der Waals surface area contributed by atoms with E-state index in [9.17, 15) is 4.79 Å². The largest absolute Gasteiger partial charge is 0.459 e. The maximum absolute atomic E-state index is 11.8. The number of ether oxygens (including phenoxy) is 1. The minimum Gasteiger partial charge on any atom is -0.459 e. The fraction of sp³-hybridized carbons (Fsp3) is 0.750. The van der Waals surface area contributed by atoms with Crippen LogP contribution in [0.25, 0.3) is 0 Å². The summed E-state index contributed by atoms with van der Waals surface area (Å²) < 4.78 is 5.35. The molecule has 1 saturated heterocycles. The normalized spacial score (nSPS) is 22.4. The third-order valence-electron chi connectivity index (χ3n) is 2.34. The van der Waals surface area contributed by atoms with Gasteiger partial charge in [0.25, 0.3) is 0 Å². The molecule has 1 fully saturated rings. The lowest BCUT2D eigenvalue weighted by Crippen LogP contribution is -2.40. The second kappa shape index (κ2) is 4.67. The van der Waals surface area contributed by atoms with Gasteiger partial charge in [0.15, 0.2) is 0 Å². The summed E-state index contributed by atoms with van der Waals surface area (Å²) in [6.07, 6.45) is 7.13. The molecule has 1 rings (SSSR count). The molecule has 1 aliphatic rings. The van der Waals surface area contributed by atoms with E-state index in [1.165, 1.54) is 0 Å². The summed E-state index contributed by atoms with van der Waals surface area (Å²) >= 11 is 0. The van der Waals surface area contributed by atoms with Gasteiger partial charge >= 0.3 is 5.97 Å². The van der Waals surface area contributed by atoms with Gasteiger partial charge in [0.05, 0.1) is 6.54 Å². The minimum absolute atomic E-state index is 0.139. The number of terminal acetylenes is 1. The molecule has 1 unspecified atom stereocenters. The number of carbonyl (C=O) groups is 1. The molecule has 0 aromatic rings. The Morgan fingerprint density at radius 1 is 1.60 bits per heavy atom. The predicted octanol–water partition coefficient (Wildman–Crippen LogP) is 1.43. The maximum atomic E-state index is 11.8. The van der Waals surface area contributed by atoms with Crippen molar-refractivity contribution < 1.29 is 9.53 Å². The van der Waals surface area contributed by atoms with Crippen LogP contribution < -0.4 is 0 Å². The Morgan fingerprint density at radius 2 is 2.27 bits per heavy atom. The molecule has 1 aliphatic heterocycles. The molecule has 1 atom stereocenters. The van der Waals surface area contributed by atoms with Gasteiger partial charge in [0, 0.05) is 6.54 Å². The van der Waals surface area contributed by atoms with E-state index < -0.39 is 5.60 Å². The Hall–Kier alpha value is -1.01. The molecule has 0 amide bonds. The Labute approximate surface area is 91.8 Å². The average molecular weight is 209 g/mol. The van der Waals surface area contributed by atoms with Crippen molar-refractivity contribution in [1.82, 2.24) is 4.90 Å². The van der Waals surface area contributed by atoms with Crippen LogP contribution in [-0.4, -0.2) is 35.6 Å². The SMILES string of the molecule is C#CCN1CCCC1C(=O)OC(C)(C)C. The van der Waals surface area contributed by atoms with E-state index >= 15 is 0 Å². The first-order valence-electron chi connectivity index (χ1n) is 5.34. The molecule has 15 heavy (non-hydrogen) atoms. The van der Waals surface area contributed by atoms with Gasteiger partial charge in [-0.2, -0.15) is 0 Å². The van der Waals surface area contributed by atoms with Crippen molar-refractivity contribution in [2.75, 3.05) is 13.1 Å². The van der Waals surface area contributed by atoms with Crippen LogP contribution in [-0.2, 0) is 9.53 Å².